The van der Waals surface area contributed by atoms with E-state index in [1.807, 2.05) is 68.0 Å². The van der Waals surface area contributed by atoms with Crippen LogP contribution < -0.4 is 16.8 Å². The zero-order valence-corrected chi connectivity index (χ0v) is 45.6. The topological polar surface area (TPSA) is 250 Å². The second kappa shape index (κ2) is 38.9. The van der Waals surface area contributed by atoms with E-state index in [4.69, 9.17) is 28.2 Å². The molecule has 0 radical (unpaired) electrons. The number of benzene rings is 2. The van der Waals surface area contributed by atoms with Crippen LogP contribution in [0.25, 0.3) is 10.4 Å². The number of unbranched alkanes of at least 4 members (excludes halogenated alkanes) is 11. The van der Waals surface area contributed by atoms with E-state index < -0.39 is 11.7 Å². The van der Waals surface area contributed by atoms with Gasteiger partial charge in [-0.05, 0) is 127 Å². The van der Waals surface area contributed by atoms with Crippen molar-refractivity contribution >= 4 is 42.1 Å². The molecule has 0 aliphatic heterocycles. The third-order valence-corrected chi connectivity index (χ3v) is 11.7. The Bertz CT molecular complexity index is 2430. The number of aryl methyl sites for hydroxylation is 6. The van der Waals surface area contributed by atoms with Crippen molar-refractivity contribution in [1.29, 1.82) is 0 Å². The number of hydrogen-bond acceptors (Lipinski definition) is 11. The first-order valence-electron chi connectivity index (χ1n) is 26.4. The standard InChI is InChI=1S/C26H38N6O.C15H22N4O.C15H23N3O2.CH4.ClH/c1-2-3-4-6-10-21-14-16-22(17-15-21)25(33)13-9-18-32-20-24(30-31-32)12-8-5-7-11-23-19-28-26(27)29-23;1-2-3-4-5-6-13-7-9-14(10-8-13)15(20)17-11-12-18-19-16;1-5-6-7-8-9-10-12-11-18(13(16)17-12)14(19)20-15(2,3)4;;/h14-17,19-20H,2-13,18H2,1H3,(H3,27,28,29);7-10H,2-6,11-12H2,1H3,(H,17,20);1,11H,6-10H2,2-4H3,(H2,16,17);1H4;1H. The van der Waals surface area contributed by atoms with Crippen LogP contribution in [0.2, 0.25) is 0 Å². The molecule has 5 aromatic rings. The maximum Gasteiger partial charge on any atom is 0.421 e. The Hall–Kier alpha value is -6.63. The number of nitrogens with two attached hydrogens (primary N) is 2. The van der Waals surface area contributed by atoms with Crippen molar-refractivity contribution in [2.24, 2.45) is 5.11 Å². The van der Waals surface area contributed by atoms with E-state index in [1.54, 1.807) is 12.4 Å². The molecule has 0 aliphatic rings. The van der Waals surface area contributed by atoms with Crippen LogP contribution in [-0.4, -0.2) is 71.0 Å². The van der Waals surface area contributed by atoms with Crippen molar-refractivity contribution in [3.05, 3.63) is 117 Å². The summed E-state index contributed by atoms with van der Waals surface area (Å²) in [4.78, 5) is 50.1. The van der Waals surface area contributed by atoms with E-state index in [2.05, 4.69) is 72.5 Å². The normalized spacial score (nSPS) is 10.5. The first-order chi connectivity index (χ1) is 35.2. The number of amides is 1. The molecule has 0 atom stereocenters. The Morgan fingerprint density at radius 2 is 1.36 bits per heavy atom. The fourth-order valence-electron chi connectivity index (χ4n) is 7.70. The number of nitrogen functional groups attached to an aromatic ring is 2. The molecule has 18 heteroatoms. The maximum atomic E-state index is 12.5. The summed E-state index contributed by atoms with van der Waals surface area (Å²) in [5, 5.41) is 14.6. The van der Waals surface area contributed by atoms with Crippen LogP contribution in [0.4, 0.5) is 16.7 Å². The van der Waals surface area contributed by atoms with E-state index in [1.165, 1.54) is 67.1 Å². The number of ether oxygens (including phenoxy) is 1. The molecule has 0 spiro atoms. The molecular formula is C57H88ClN13O4. The lowest BCUT2D eigenvalue weighted by molar-refractivity contribution is 0.0540. The molecule has 0 saturated carbocycles. The monoisotopic (exact) mass is 1050 g/mol. The van der Waals surface area contributed by atoms with E-state index in [0.717, 1.165) is 113 Å². The minimum absolute atomic E-state index is 0. The van der Waals surface area contributed by atoms with Gasteiger partial charge in [-0.25, -0.2) is 19.3 Å². The van der Waals surface area contributed by atoms with Crippen LogP contribution in [0.1, 0.15) is 200 Å². The number of rotatable bonds is 30. The van der Waals surface area contributed by atoms with Crippen LogP contribution >= 0.6 is 12.4 Å². The third-order valence-electron chi connectivity index (χ3n) is 11.7. The van der Waals surface area contributed by atoms with Gasteiger partial charge >= 0.3 is 6.09 Å². The lowest BCUT2D eigenvalue weighted by atomic mass is 10.0. The van der Waals surface area contributed by atoms with Crippen molar-refractivity contribution in [2.45, 2.75) is 195 Å². The fourth-order valence-corrected chi connectivity index (χ4v) is 7.70. The average Bonchev–Trinajstić information content (AvgIpc) is 4.12. The molecule has 0 fully saturated rings. The number of aromatic nitrogens is 7. The molecule has 0 bridgehead atoms. The molecule has 1 amide bonds. The number of hydrogen-bond donors (Lipinski definition) is 4. The van der Waals surface area contributed by atoms with Gasteiger partial charge in [0.25, 0.3) is 5.91 Å². The van der Waals surface area contributed by atoms with Crippen molar-refractivity contribution in [1.82, 2.24) is 39.8 Å². The van der Waals surface area contributed by atoms with Gasteiger partial charge < -0.3 is 26.5 Å². The number of ketones is 1. The largest absolute Gasteiger partial charge is 0.443 e. The quantitative estimate of drug-likeness (QED) is 0.00845. The highest BCUT2D eigenvalue weighted by Crippen LogP contribution is 2.16. The molecule has 3 heterocycles. The summed E-state index contributed by atoms with van der Waals surface area (Å²) >= 11 is 0. The average molecular weight is 1050 g/mol. The SMILES string of the molecule is C.C#CCCCCCc1cn(C(=O)OC(C)(C)C)c(N)n1.CCCCCCc1ccc(C(=O)CCCn2cc(CCCCCc3cnc(N)[nH]3)nn2)cc1.CCCCCCc1ccc(C(=O)NCCN=[N+]=[N-])cc1.Cl. The molecular weight excluding hydrogens is 966 g/mol. The Labute approximate surface area is 453 Å². The fraction of sp³-hybridized carbons (Fsp3) is 0.561. The van der Waals surface area contributed by atoms with Gasteiger partial charge in [0.05, 0.1) is 17.6 Å². The van der Waals surface area contributed by atoms with E-state index in [9.17, 15) is 14.4 Å². The van der Waals surface area contributed by atoms with Crippen molar-refractivity contribution in [3.8, 4) is 12.3 Å². The van der Waals surface area contributed by atoms with Gasteiger partial charge in [0.1, 0.15) is 5.60 Å². The Morgan fingerprint density at radius 3 is 1.93 bits per heavy atom. The number of carbonyl (C=O) groups excluding carboxylic acids is 3. The predicted molar refractivity (Wildman–Crippen MR) is 306 cm³/mol. The number of carbonyl (C=O) groups is 3. The molecule has 75 heavy (non-hydrogen) atoms. The Morgan fingerprint density at radius 1 is 0.787 bits per heavy atom. The van der Waals surface area contributed by atoms with E-state index >= 15 is 0 Å². The van der Waals surface area contributed by atoms with Gasteiger partial charge in [-0.3, -0.25) is 14.3 Å². The lowest BCUT2D eigenvalue weighted by Crippen LogP contribution is -2.27. The second-order valence-electron chi connectivity index (χ2n) is 19.3. The Balaban J connectivity index is 0.000000585. The van der Waals surface area contributed by atoms with Gasteiger partial charge in [0.15, 0.2) is 11.7 Å². The minimum atomic E-state index is -0.552. The molecule has 0 unspecified atom stereocenters. The summed E-state index contributed by atoms with van der Waals surface area (Å²) < 4.78 is 8.37. The smallest absolute Gasteiger partial charge is 0.421 e. The second-order valence-corrected chi connectivity index (χ2v) is 19.3. The number of terminal acetylenes is 1. The molecule has 6 N–H and O–H groups in total. The first kappa shape index (κ1) is 66.4. The van der Waals surface area contributed by atoms with Crippen LogP contribution in [-0.2, 0) is 43.4 Å². The number of aromatic amines is 1. The van der Waals surface area contributed by atoms with Gasteiger partial charge in [-0.15, -0.1) is 29.8 Å². The minimum Gasteiger partial charge on any atom is -0.443 e. The summed E-state index contributed by atoms with van der Waals surface area (Å²) in [5.74, 6) is 3.33. The number of halogens is 1. The van der Waals surface area contributed by atoms with Crippen LogP contribution in [0, 0.1) is 12.3 Å². The molecule has 5 rings (SSSR count). The van der Waals surface area contributed by atoms with Gasteiger partial charge in [0, 0.05) is 66.6 Å². The van der Waals surface area contributed by atoms with Crippen LogP contribution in [0.5, 0.6) is 0 Å². The number of nitrogens with zero attached hydrogens (tertiary/aromatic N) is 9. The molecule has 0 saturated heterocycles. The summed E-state index contributed by atoms with van der Waals surface area (Å²) in [7, 11) is 0. The van der Waals surface area contributed by atoms with E-state index in [0.29, 0.717) is 24.5 Å². The summed E-state index contributed by atoms with van der Waals surface area (Å²) in [5.41, 5.74) is 25.9. The van der Waals surface area contributed by atoms with E-state index in [-0.39, 0.29) is 44.0 Å². The number of Topliss-reactive ketones (excluding diaryl/α,β-unsaturated/α-hetero) is 1. The van der Waals surface area contributed by atoms with Crippen molar-refractivity contribution in [3.63, 3.8) is 0 Å². The number of nitrogens with one attached hydrogen (secondary N) is 2. The zero-order valence-electron chi connectivity index (χ0n) is 44.8. The van der Waals surface area contributed by atoms with Gasteiger partial charge in [0.2, 0.25) is 5.95 Å². The maximum absolute atomic E-state index is 12.5. The van der Waals surface area contributed by atoms with Crippen molar-refractivity contribution < 1.29 is 19.1 Å². The first-order valence-corrected chi connectivity index (χ1v) is 26.4. The molecule has 0 aliphatic carbocycles. The third kappa shape index (κ3) is 29.2. The molecule has 17 nitrogen and oxygen atoms in total. The molecule has 3 aromatic heterocycles. The molecule has 2 aromatic carbocycles. The number of H-pyrrole nitrogens is 1. The highest BCUT2D eigenvalue weighted by molar-refractivity contribution is 5.96. The van der Waals surface area contributed by atoms with Gasteiger partial charge in [-0.2, -0.15) is 0 Å². The summed E-state index contributed by atoms with van der Waals surface area (Å²) in [6.45, 7) is 11.2. The van der Waals surface area contributed by atoms with Crippen LogP contribution in [0.15, 0.2) is 72.2 Å². The van der Waals surface area contributed by atoms with Gasteiger partial charge in [-0.1, -0.05) is 119 Å². The Kier molecular flexibility index (Phi) is 34.4. The summed E-state index contributed by atoms with van der Waals surface area (Å²) in [6.07, 6.45) is 33.5. The predicted octanol–water partition coefficient (Wildman–Crippen LogP) is 13.2. The van der Waals surface area contributed by atoms with Crippen molar-refractivity contribution in [2.75, 3.05) is 24.6 Å². The zero-order chi connectivity index (χ0) is 53.1. The number of imidazole rings is 2. The highest BCUT2D eigenvalue weighted by atomic mass is 35.5. The summed E-state index contributed by atoms with van der Waals surface area (Å²) in [6, 6.07) is 15.9. The number of anilines is 2. The lowest BCUT2D eigenvalue weighted by Gasteiger charge is -2.19. The molecule has 412 valence electrons. The van der Waals surface area contributed by atoms with Crippen LogP contribution in [0.3, 0.4) is 0 Å². The number of azide groups is 1. The highest BCUT2D eigenvalue weighted by Gasteiger charge is 2.20.